The van der Waals surface area contributed by atoms with E-state index in [4.69, 9.17) is 4.74 Å². The van der Waals surface area contributed by atoms with E-state index in [0.29, 0.717) is 18.3 Å². The summed E-state index contributed by atoms with van der Waals surface area (Å²) < 4.78 is 21.8. The fraction of sp³-hybridized carbons (Fsp3) is 0.304. The summed E-state index contributed by atoms with van der Waals surface area (Å²) in [6, 6.07) is 9.88. The molecule has 1 amide bonds. The lowest BCUT2D eigenvalue weighted by Gasteiger charge is -2.47. The molecule has 3 fully saturated rings. The molecule has 6 nitrogen and oxygen atoms in total. The normalized spacial score (nSPS) is 27.8. The predicted octanol–water partition coefficient (Wildman–Crippen LogP) is 4.12. The van der Waals surface area contributed by atoms with Crippen molar-refractivity contribution >= 4 is 21.8 Å². The van der Waals surface area contributed by atoms with Crippen LogP contribution in [0.3, 0.4) is 0 Å². The number of nitrogens with zero attached hydrogens (tertiary/aromatic N) is 4. The second-order valence-corrected chi connectivity index (χ2v) is 9.36. The zero-order valence-electron chi connectivity index (χ0n) is 16.4. The lowest BCUT2D eigenvalue weighted by atomic mass is 9.73. The minimum atomic E-state index is -0.503. The van der Waals surface area contributed by atoms with Crippen molar-refractivity contribution in [2.45, 2.75) is 25.0 Å². The summed E-state index contributed by atoms with van der Waals surface area (Å²) in [7, 11) is 0. The van der Waals surface area contributed by atoms with E-state index in [-0.39, 0.29) is 40.4 Å². The van der Waals surface area contributed by atoms with Crippen LogP contribution in [-0.2, 0) is 0 Å². The first-order valence-corrected chi connectivity index (χ1v) is 11.0. The van der Waals surface area contributed by atoms with Crippen LogP contribution < -0.4 is 4.74 Å². The van der Waals surface area contributed by atoms with Crippen molar-refractivity contribution in [3.05, 3.63) is 70.8 Å². The van der Waals surface area contributed by atoms with Crippen LogP contribution in [0.1, 0.15) is 23.2 Å². The van der Waals surface area contributed by atoms with E-state index >= 15 is 0 Å². The van der Waals surface area contributed by atoms with Crippen LogP contribution in [-0.4, -0.2) is 44.4 Å². The molecule has 0 radical (unpaired) electrons. The fourth-order valence-corrected chi connectivity index (χ4v) is 5.59. The molecule has 3 aromatic rings. The van der Waals surface area contributed by atoms with Crippen molar-refractivity contribution in [1.82, 2.24) is 19.9 Å². The number of hydrogen-bond donors (Lipinski definition) is 0. The molecular weight excluding hydrogens is 463 g/mol. The molecule has 2 aromatic heterocycles. The largest absolute Gasteiger partial charge is 0.472 e. The van der Waals surface area contributed by atoms with E-state index in [9.17, 15) is 9.18 Å². The van der Waals surface area contributed by atoms with E-state index in [1.807, 2.05) is 17.0 Å². The molecular formula is C23H18BrFN4O2. The second kappa shape index (κ2) is 6.82. The summed E-state index contributed by atoms with van der Waals surface area (Å²) in [4.78, 5) is 28.1. The monoisotopic (exact) mass is 480 g/mol. The van der Waals surface area contributed by atoms with Gasteiger partial charge in [0.05, 0.1) is 17.2 Å². The number of hydrogen-bond acceptors (Lipinski definition) is 5. The molecule has 0 bridgehead atoms. The summed E-state index contributed by atoms with van der Waals surface area (Å²) >= 11 is 3.38. The highest BCUT2D eigenvalue weighted by Crippen LogP contribution is 2.71. The number of aromatic nitrogens is 3. The molecule has 2 aliphatic carbocycles. The van der Waals surface area contributed by atoms with Gasteiger partial charge in [-0.1, -0.05) is 6.07 Å². The molecule has 156 valence electrons. The topological polar surface area (TPSA) is 68.2 Å². The van der Waals surface area contributed by atoms with E-state index in [1.165, 1.54) is 6.07 Å². The van der Waals surface area contributed by atoms with Gasteiger partial charge in [0.15, 0.2) is 5.82 Å². The van der Waals surface area contributed by atoms with Gasteiger partial charge in [0.2, 0.25) is 5.88 Å². The smallest absolute Gasteiger partial charge is 0.255 e. The Kier molecular flexibility index (Phi) is 4.15. The first kappa shape index (κ1) is 18.9. The summed E-state index contributed by atoms with van der Waals surface area (Å²) in [5, 5.41) is 0. The average Bonchev–Trinajstić information content (AvgIpc) is 3.43. The molecule has 0 N–H and O–H groups in total. The minimum absolute atomic E-state index is 0.0248. The van der Waals surface area contributed by atoms with Gasteiger partial charge in [0.1, 0.15) is 11.9 Å². The zero-order valence-corrected chi connectivity index (χ0v) is 18.0. The minimum Gasteiger partial charge on any atom is -0.472 e. The van der Waals surface area contributed by atoms with Gasteiger partial charge in [0.25, 0.3) is 5.91 Å². The third-order valence-electron chi connectivity index (χ3n) is 6.82. The number of piperidine rings is 1. The first-order valence-electron chi connectivity index (χ1n) is 10.2. The Hall–Kier alpha value is -2.87. The lowest BCUT2D eigenvalue weighted by molar-refractivity contribution is -0.0345. The molecule has 3 aliphatic rings. The fourth-order valence-electron chi connectivity index (χ4n) is 5.35. The molecule has 1 saturated heterocycles. The van der Waals surface area contributed by atoms with Gasteiger partial charge in [0, 0.05) is 41.1 Å². The first-order chi connectivity index (χ1) is 15.1. The standard InChI is InChI=1S/C23H18BrFN4O2/c24-14-5-6-18(28-11-14)31-17-10-23-9-13(23)12-29(20(17)23)22(30)15-3-1-4-16(25)19(15)21-26-7-2-8-27-21/h1-8,11,13,17,20H,9-10,12H2. The number of carbonyl (C=O) groups excluding carboxylic acids is 1. The van der Waals surface area contributed by atoms with Crippen LogP contribution in [0.5, 0.6) is 5.88 Å². The predicted molar refractivity (Wildman–Crippen MR) is 114 cm³/mol. The quantitative estimate of drug-likeness (QED) is 0.561. The number of amides is 1. The van der Waals surface area contributed by atoms with Crippen molar-refractivity contribution in [3.8, 4) is 17.3 Å². The second-order valence-electron chi connectivity index (χ2n) is 8.45. The van der Waals surface area contributed by atoms with Crippen LogP contribution in [0.4, 0.5) is 4.39 Å². The summed E-state index contributed by atoms with van der Waals surface area (Å²) in [5.74, 6) is 0.545. The van der Waals surface area contributed by atoms with Crippen molar-refractivity contribution in [1.29, 1.82) is 0 Å². The van der Waals surface area contributed by atoms with Crippen LogP contribution >= 0.6 is 15.9 Å². The average molecular weight is 481 g/mol. The lowest BCUT2D eigenvalue weighted by Crippen LogP contribution is -2.59. The number of halogens is 2. The molecule has 4 unspecified atom stereocenters. The summed E-state index contributed by atoms with van der Waals surface area (Å²) in [6.07, 6.45) is 6.71. The zero-order chi connectivity index (χ0) is 21.2. The number of rotatable bonds is 4. The Labute approximate surface area is 186 Å². The number of ether oxygens (including phenoxy) is 1. The molecule has 1 spiro atoms. The van der Waals surface area contributed by atoms with Crippen LogP contribution in [0.2, 0.25) is 0 Å². The van der Waals surface area contributed by atoms with Crippen LogP contribution in [0, 0.1) is 17.2 Å². The van der Waals surface area contributed by atoms with Gasteiger partial charge in [-0.2, -0.15) is 0 Å². The van der Waals surface area contributed by atoms with Crippen molar-refractivity contribution in [2.24, 2.45) is 11.3 Å². The molecule has 6 rings (SSSR count). The Morgan fingerprint density at radius 2 is 1.97 bits per heavy atom. The molecule has 3 heterocycles. The van der Waals surface area contributed by atoms with E-state index < -0.39 is 5.82 Å². The van der Waals surface area contributed by atoms with Gasteiger partial charge in [-0.05, 0) is 59.0 Å². The third kappa shape index (κ3) is 2.88. The Morgan fingerprint density at radius 3 is 2.74 bits per heavy atom. The van der Waals surface area contributed by atoms with Crippen molar-refractivity contribution < 1.29 is 13.9 Å². The maximum atomic E-state index is 14.8. The van der Waals surface area contributed by atoms with Gasteiger partial charge in [-0.25, -0.2) is 19.3 Å². The van der Waals surface area contributed by atoms with Crippen LogP contribution in [0.15, 0.2) is 59.5 Å². The van der Waals surface area contributed by atoms with Crippen molar-refractivity contribution in [3.63, 3.8) is 0 Å². The van der Waals surface area contributed by atoms with Gasteiger partial charge in [-0.15, -0.1) is 0 Å². The number of carbonyl (C=O) groups is 1. The van der Waals surface area contributed by atoms with E-state index in [2.05, 4.69) is 30.9 Å². The molecule has 4 atom stereocenters. The van der Waals surface area contributed by atoms with Crippen LogP contribution in [0.25, 0.3) is 11.4 Å². The Bertz CT molecular complexity index is 1180. The van der Waals surface area contributed by atoms with E-state index in [1.54, 1.807) is 36.8 Å². The molecule has 31 heavy (non-hydrogen) atoms. The van der Waals surface area contributed by atoms with Gasteiger partial charge >= 0.3 is 0 Å². The van der Waals surface area contributed by atoms with E-state index in [0.717, 1.165) is 17.3 Å². The third-order valence-corrected chi connectivity index (χ3v) is 7.29. The molecule has 1 aromatic carbocycles. The maximum absolute atomic E-state index is 14.8. The Morgan fingerprint density at radius 1 is 1.13 bits per heavy atom. The van der Waals surface area contributed by atoms with Gasteiger partial charge < -0.3 is 9.64 Å². The van der Waals surface area contributed by atoms with Crippen molar-refractivity contribution in [2.75, 3.05) is 6.54 Å². The Balaban J connectivity index is 1.31. The highest BCUT2D eigenvalue weighted by Gasteiger charge is 2.76. The SMILES string of the molecule is O=C(c1cccc(F)c1-c1ncccn1)N1CC2CC23CC(Oc2ccc(Br)cn2)C13. The number of benzene rings is 1. The molecule has 8 heteroatoms. The van der Waals surface area contributed by atoms with Gasteiger partial charge in [-0.3, -0.25) is 4.79 Å². The summed E-state index contributed by atoms with van der Waals surface area (Å²) in [6.45, 7) is 0.669. The maximum Gasteiger partial charge on any atom is 0.255 e. The number of likely N-dealkylation sites (tertiary alicyclic amines) is 1. The highest BCUT2D eigenvalue weighted by atomic mass is 79.9. The number of pyridine rings is 1. The molecule has 1 aliphatic heterocycles. The highest BCUT2D eigenvalue weighted by molar-refractivity contribution is 9.10. The summed E-state index contributed by atoms with van der Waals surface area (Å²) in [5.41, 5.74) is 0.580. The molecule has 2 saturated carbocycles.